The molecule has 0 radical (unpaired) electrons. The van der Waals surface area contributed by atoms with E-state index in [9.17, 15) is 4.79 Å². The third kappa shape index (κ3) is 5.87. The smallest absolute Gasteiger partial charge is 0.169 e. The van der Waals surface area contributed by atoms with Crippen molar-refractivity contribution in [3.63, 3.8) is 0 Å². The van der Waals surface area contributed by atoms with Crippen molar-refractivity contribution in [3.8, 4) is 11.5 Å². The Bertz CT molecular complexity index is 1100. The molecule has 0 amide bonds. The summed E-state index contributed by atoms with van der Waals surface area (Å²) >= 11 is 0. The summed E-state index contributed by atoms with van der Waals surface area (Å²) in [5.41, 5.74) is 11.1. The number of rotatable bonds is 12. The van der Waals surface area contributed by atoms with Crippen molar-refractivity contribution in [2.75, 3.05) is 70.8 Å². The molecule has 1 aromatic carbocycles. The summed E-state index contributed by atoms with van der Waals surface area (Å²) in [4.78, 5) is 25.1. The molecular weight excluding hydrogens is 470 g/mol. The molecule has 0 saturated carbocycles. The number of aromatic nitrogens is 2. The Morgan fingerprint density at radius 1 is 1.11 bits per heavy atom. The number of piperazine rings is 1. The molecule has 10 heteroatoms. The van der Waals surface area contributed by atoms with E-state index in [0.717, 1.165) is 87.0 Å². The van der Waals surface area contributed by atoms with Crippen LogP contribution in [0, 0.1) is 0 Å². The molecule has 3 heterocycles. The van der Waals surface area contributed by atoms with Crippen LogP contribution < -0.4 is 25.6 Å². The highest BCUT2D eigenvalue weighted by molar-refractivity contribution is 5.90. The highest BCUT2D eigenvalue weighted by Gasteiger charge is 2.45. The van der Waals surface area contributed by atoms with Gasteiger partial charge in [0, 0.05) is 38.3 Å². The summed E-state index contributed by atoms with van der Waals surface area (Å²) in [6.07, 6.45) is 6.16. The van der Waals surface area contributed by atoms with Crippen LogP contribution in [0.15, 0.2) is 37.2 Å². The van der Waals surface area contributed by atoms with Gasteiger partial charge in [0.2, 0.25) is 0 Å². The summed E-state index contributed by atoms with van der Waals surface area (Å²) in [5.74, 6) is 2.81. The molecule has 37 heavy (non-hydrogen) atoms. The minimum atomic E-state index is -0.673. The monoisotopic (exact) mass is 509 g/mol. The zero-order chi connectivity index (χ0) is 26.4. The van der Waals surface area contributed by atoms with Crippen molar-refractivity contribution in [1.82, 2.24) is 25.2 Å². The Hall–Kier alpha value is -3.21. The van der Waals surface area contributed by atoms with Crippen molar-refractivity contribution in [2.45, 2.75) is 31.7 Å². The molecule has 10 nitrogen and oxygen atoms in total. The van der Waals surface area contributed by atoms with Crippen LogP contribution in [0.25, 0.3) is 0 Å². The van der Waals surface area contributed by atoms with Crippen molar-refractivity contribution in [3.05, 3.63) is 48.3 Å². The summed E-state index contributed by atoms with van der Waals surface area (Å²) in [7, 11) is 3.31. The molecule has 200 valence electrons. The van der Waals surface area contributed by atoms with E-state index in [1.807, 2.05) is 18.2 Å². The largest absolute Gasteiger partial charge is 0.497 e. The van der Waals surface area contributed by atoms with Crippen molar-refractivity contribution in [1.29, 1.82) is 0 Å². The number of anilines is 2. The second-order valence-corrected chi connectivity index (χ2v) is 9.76. The van der Waals surface area contributed by atoms with Gasteiger partial charge in [-0.2, -0.15) is 0 Å². The minimum absolute atomic E-state index is 0.0958. The molecule has 0 bridgehead atoms. The van der Waals surface area contributed by atoms with Gasteiger partial charge in [-0.15, -0.1) is 0 Å². The second kappa shape index (κ2) is 11.9. The highest BCUT2D eigenvalue weighted by atomic mass is 16.5. The number of unbranched alkanes of at least 4 members (excludes halogenated alkanes) is 2. The SMILES string of the molecule is C=CC(=O)CN1CCN(CCCCCN2NC(C)(c3cc(OC)ccc3OC)c3c(N)ncnc32)CC1. The van der Waals surface area contributed by atoms with E-state index in [2.05, 4.69) is 43.7 Å². The van der Waals surface area contributed by atoms with Crippen LogP contribution in [0.4, 0.5) is 11.6 Å². The van der Waals surface area contributed by atoms with E-state index in [1.165, 1.54) is 12.4 Å². The van der Waals surface area contributed by atoms with Crippen LogP contribution in [-0.2, 0) is 10.3 Å². The number of fused-ring (bicyclic) bond motifs is 1. The Balaban J connectivity index is 1.35. The Kier molecular flexibility index (Phi) is 8.63. The molecule has 4 rings (SSSR count). The first-order chi connectivity index (χ1) is 17.9. The molecule has 1 atom stereocenters. The summed E-state index contributed by atoms with van der Waals surface area (Å²) in [5, 5.41) is 2.08. The lowest BCUT2D eigenvalue weighted by molar-refractivity contribution is -0.116. The van der Waals surface area contributed by atoms with E-state index < -0.39 is 5.54 Å². The van der Waals surface area contributed by atoms with E-state index >= 15 is 0 Å². The van der Waals surface area contributed by atoms with Crippen LogP contribution in [-0.4, -0.2) is 85.6 Å². The van der Waals surface area contributed by atoms with Crippen LogP contribution in [0.5, 0.6) is 11.5 Å². The lowest BCUT2D eigenvalue weighted by Crippen LogP contribution is -2.47. The van der Waals surface area contributed by atoms with Gasteiger partial charge >= 0.3 is 0 Å². The summed E-state index contributed by atoms with van der Waals surface area (Å²) in [6, 6.07) is 5.75. The average Bonchev–Trinajstić information content (AvgIpc) is 3.22. The average molecular weight is 510 g/mol. The number of nitrogens with two attached hydrogens (primary N) is 1. The molecule has 0 spiro atoms. The molecule has 2 aliphatic heterocycles. The van der Waals surface area contributed by atoms with Gasteiger partial charge < -0.3 is 20.1 Å². The lowest BCUT2D eigenvalue weighted by atomic mass is 9.86. The number of hydrazine groups is 1. The van der Waals surface area contributed by atoms with Crippen LogP contribution in [0.1, 0.15) is 37.3 Å². The molecule has 0 aliphatic carbocycles. The Labute approximate surface area is 219 Å². The number of ketones is 1. The summed E-state index contributed by atoms with van der Waals surface area (Å²) in [6.45, 7) is 11.9. The number of nitrogens with zero attached hydrogens (tertiary/aromatic N) is 5. The molecule has 3 N–H and O–H groups in total. The number of hydrogen-bond donors (Lipinski definition) is 2. The fourth-order valence-corrected chi connectivity index (χ4v) is 5.25. The fourth-order valence-electron chi connectivity index (χ4n) is 5.25. The predicted octanol–water partition coefficient (Wildman–Crippen LogP) is 2.21. The standard InChI is InChI=1S/C27H39N7O3/c1-5-20(35)18-33-15-13-32(14-16-33)11-7-6-8-12-34-26-24(25(28)29-19-30-26)27(2,31-34)22-17-21(36-3)9-10-23(22)37-4/h5,9-10,17,19,31H,1,6-8,11-16,18H2,2-4H3,(H2,28,29,30). The second-order valence-electron chi connectivity index (χ2n) is 9.76. The first-order valence-corrected chi connectivity index (χ1v) is 12.9. The normalized spacial score (nSPS) is 20.0. The topological polar surface area (TPSA) is 109 Å². The van der Waals surface area contributed by atoms with Gasteiger partial charge in [-0.25, -0.2) is 15.4 Å². The first-order valence-electron chi connectivity index (χ1n) is 12.9. The molecule has 1 fully saturated rings. The van der Waals surface area contributed by atoms with Gasteiger partial charge in [-0.3, -0.25) is 14.7 Å². The van der Waals surface area contributed by atoms with E-state index in [4.69, 9.17) is 15.2 Å². The number of ether oxygens (including phenoxy) is 2. The third-order valence-electron chi connectivity index (χ3n) is 7.34. The van der Waals surface area contributed by atoms with E-state index in [0.29, 0.717) is 12.4 Å². The van der Waals surface area contributed by atoms with Crippen LogP contribution in [0.3, 0.4) is 0 Å². The maximum Gasteiger partial charge on any atom is 0.169 e. The molecule has 1 unspecified atom stereocenters. The van der Waals surface area contributed by atoms with Gasteiger partial charge in [0.15, 0.2) is 11.6 Å². The number of benzene rings is 1. The highest BCUT2D eigenvalue weighted by Crippen LogP contribution is 2.46. The molecule has 1 saturated heterocycles. The van der Waals surface area contributed by atoms with E-state index in [-0.39, 0.29) is 5.78 Å². The number of nitrogen functional groups attached to an aromatic ring is 1. The zero-order valence-electron chi connectivity index (χ0n) is 22.2. The fraction of sp³-hybridized carbons (Fsp3) is 0.519. The molecule has 1 aromatic heterocycles. The summed E-state index contributed by atoms with van der Waals surface area (Å²) < 4.78 is 11.2. The predicted molar refractivity (Wildman–Crippen MR) is 145 cm³/mol. The third-order valence-corrected chi connectivity index (χ3v) is 7.34. The minimum Gasteiger partial charge on any atom is -0.497 e. The van der Waals surface area contributed by atoms with Crippen molar-refractivity contribution in [2.24, 2.45) is 0 Å². The van der Waals surface area contributed by atoms with Gasteiger partial charge in [0.1, 0.15) is 23.6 Å². The van der Waals surface area contributed by atoms with Crippen molar-refractivity contribution >= 4 is 17.4 Å². The first kappa shape index (κ1) is 26.8. The number of hydrogen-bond acceptors (Lipinski definition) is 10. The number of carbonyl (C=O) groups is 1. The van der Waals surface area contributed by atoms with Crippen molar-refractivity contribution < 1.29 is 14.3 Å². The Morgan fingerprint density at radius 2 is 1.84 bits per heavy atom. The van der Waals surface area contributed by atoms with Crippen LogP contribution in [0.2, 0.25) is 0 Å². The maximum atomic E-state index is 11.6. The van der Waals surface area contributed by atoms with Gasteiger partial charge in [0.05, 0.1) is 31.9 Å². The number of carbonyl (C=O) groups excluding carboxylic acids is 1. The lowest BCUT2D eigenvalue weighted by Gasteiger charge is -2.34. The zero-order valence-corrected chi connectivity index (χ0v) is 22.2. The van der Waals surface area contributed by atoms with E-state index in [1.54, 1.807) is 14.2 Å². The molecular formula is C27H39N7O3. The van der Waals surface area contributed by atoms with Gasteiger partial charge in [0.25, 0.3) is 0 Å². The maximum absolute atomic E-state index is 11.6. The molecule has 2 aliphatic rings. The number of methoxy groups -OCH3 is 2. The number of nitrogens with one attached hydrogen (secondary N) is 1. The van der Waals surface area contributed by atoms with Gasteiger partial charge in [-0.1, -0.05) is 13.0 Å². The van der Waals surface area contributed by atoms with Gasteiger partial charge in [-0.05, 0) is 50.6 Å². The quantitative estimate of drug-likeness (QED) is 0.326. The molecule has 2 aromatic rings. The Morgan fingerprint density at radius 3 is 2.54 bits per heavy atom. The van der Waals surface area contributed by atoms with Crippen LogP contribution >= 0.6 is 0 Å².